The molecule has 1 aromatic carbocycles. The fraction of sp³-hybridized carbons (Fsp3) is 0.529. The minimum atomic E-state index is -0.550. The summed E-state index contributed by atoms with van der Waals surface area (Å²) in [5.41, 5.74) is 0.807. The van der Waals surface area contributed by atoms with E-state index in [0.29, 0.717) is 11.4 Å². The maximum atomic E-state index is 11.7. The number of anilines is 1. The summed E-state index contributed by atoms with van der Waals surface area (Å²) < 4.78 is 10.9. The predicted molar refractivity (Wildman–Crippen MR) is 94.6 cm³/mol. The molecule has 0 spiro atoms. The molecule has 6 nitrogen and oxygen atoms in total. The zero-order valence-electron chi connectivity index (χ0n) is 14.7. The summed E-state index contributed by atoms with van der Waals surface area (Å²) in [6.07, 6.45) is -0.556. The van der Waals surface area contributed by atoms with Crippen LogP contribution in [-0.4, -0.2) is 29.6 Å². The van der Waals surface area contributed by atoms with Crippen LogP contribution in [0.1, 0.15) is 40.2 Å². The fourth-order valence-electron chi connectivity index (χ4n) is 1.80. The molecule has 134 valence electrons. The summed E-state index contributed by atoms with van der Waals surface area (Å²) >= 11 is 5.51. The van der Waals surface area contributed by atoms with Gasteiger partial charge in [0.1, 0.15) is 17.2 Å². The van der Waals surface area contributed by atoms with Gasteiger partial charge in [0.15, 0.2) is 0 Å². The highest BCUT2D eigenvalue weighted by Crippen LogP contribution is 2.27. The third kappa shape index (κ3) is 7.55. The van der Waals surface area contributed by atoms with Crippen molar-refractivity contribution < 1.29 is 19.1 Å². The second-order valence-corrected chi connectivity index (χ2v) is 6.80. The van der Waals surface area contributed by atoms with E-state index >= 15 is 0 Å². The number of alkyl halides is 1. The van der Waals surface area contributed by atoms with Crippen LogP contribution in [-0.2, 0) is 16.1 Å². The van der Waals surface area contributed by atoms with Crippen LogP contribution in [0.25, 0.3) is 0 Å². The Morgan fingerprint density at radius 3 is 2.46 bits per heavy atom. The Balaban J connectivity index is 2.82. The highest BCUT2D eigenvalue weighted by Gasteiger charge is 2.16. The van der Waals surface area contributed by atoms with Crippen LogP contribution in [0.5, 0.6) is 5.75 Å². The Kier molecular flexibility index (Phi) is 7.35. The quantitative estimate of drug-likeness (QED) is 0.762. The summed E-state index contributed by atoms with van der Waals surface area (Å²) in [5.74, 6) is 0.0696. The lowest BCUT2D eigenvalue weighted by Crippen LogP contribution is -2.32. The van der Waals surface area contributed by atoms with Gasteiger partial charge in [-0.25, -0.2) is 4.79 Å². The monoisotopic (exact) mass is 356 g/mol. The predicted octanol–water partition coefficient (Wildman–Crippen LogP) is 3.68. The van der Waals surface area contributed by atoms with Gasteiger partial charge in [0, 0.05) is 6.54 Å². The Morgan fingerprint density at radius 1 is 1.25 bits per heavy atom. The summed E-state index contributed by atoms with van der Waals surface area (Å²) in [5, 5.41) is 5.36. The van der Waals surface area contributed by atoms with Crippen molar-refractivity contribution in [3.63, 3.8) is 0 Å². The van der Waals surface area contributed by atoms with Gasteiger partial charge in [-0.2, -0.15) is 0 Å². The molecule has 1 rings (SSSR count). The van der Waals surface area contributed by atoms with Crippen LogP contribution >= 0.6 is 11.6 Å². The minimum Gasteiger partial charge on any atom is -0.489 e. The van der Waals surface area contributed by atoms with Crippen molar-refractivity contribution in [3.05, 3.63) is 23.8 Å². The van der Waals surface area contributed by atoms with Crippen molar-refractivity contribution in [2.75, 3.05) is 11.2 Å². The lowest BCUT2D eigenvalue weighted by atomic mass is 10.1. The normalized spacial score (nSPS) is 11.1. The first-order valence-electron chi connectivity index (χ1n) is 7.73. The molecule has 24 heavy (non-hydrogen) atoms. The molecule has 1 aromatic rings. The van der Waals surface area contributed by atoms with E-state index in [4.69, 9.17) is 21.1 Å². The number of halogens is 1. The number of carbonyl (C=O) groups is 2. The zero-order chi connectivity index (χ0) is 18.3. The van der Waals surface area contributed by atoms with Crippen LogP contribution in [0, 0.1) is 0 Å². The van der Waals surface area contributed by atoms with Crippen LogP contribution in [0.15, 0.2) is 18.2 Å². The maximum absolute atomic E-state index is 11.7. The lowest BCUT2D eigenvalue weighted by molar-refractivity contribution is -0.113. The van der Waals surface area contributed by atoms with Gasteiger partial charge in [0.2, 0.25) is 5.91 Å². The molecule has 0 radical (unpaired) electrons. The van der Waals surface area contributed by atoms with Gasteiger partial charge >= 0.3 is 6.09 Å². The van der Waals surface area contributed by atoms with E-state index in [1.54, 1.807) is 39.0 Å². The van der Waals surface area contributed by atoms with Crippen LogP contribution < -0.4 is 15.4 Å². The van der Waals surface area contributed by atoms with Gasteiger partial charge in [0.05, 0.1) is 11.8 Å². The molecule has 2 amide bonds. The number of ether oxygens (including phenoxy) is 2. The Labute approximate surface area is 147 Å². The fourth-order valence-corrected chi connectivity index (χ4v) is 1.87. The van der Waals surface area contributed by atoms with E-state index in [2.05, 4.69) is 10.6 Å². The number of hydrogen-bond donors (Lipinski definition) is 2. The van der Waals surface area contributed by atoms with Crippen LogP contribution in [0.3, 0.4) is 0 Å². The largest absolute Gasteiger partial charge is 0.489 e. The van der Waals surface area contributed by atoms with Gasteiger partial charge in [-0.1, -0.05) is 6.07 Å². The van der Waals surface area contributed by atoms with Crippen molar-refractivity contribution in [1.82, 2.24) is 5.32 Å². The average molecular weight is 357 g/mol. The highest BCUT2D eigenvalue weighted by molar-refractivity contribution is 6.29. The third-order valence-corrected chi connectivity index (χ3v) is 2.88. The van der Waals surface area contributed by atoms with E-state index in [9.17, 15) is 9.59 Å². The van der Waals surface area contributed by atoms with E-state index in [0.717, 1.165) is 5.56 Å². The van der Waals surface area contributed by atoms with E-state index in [1.165, 1.54) is 0 Å². The Morgan fingerprint density at radius 2 is 1.92 bits per heavy atom. The van der Waals surface area contributed by atoms with Crippen molar-refractivity contribution in [2.45, 2.75) is 52.9 Å². The lowest BCUT2D eigenvalue weighted by Gasteiger charge is -2.20. The molecule has 0 atom stereocenters. The average Bonchev–Trinajstić information content (AvgIpc) is 2.45. The molecule has 0 aliphatic heterocycles. The van der Waals surface area contributed by atoms with Crippen LogP contribution in [0.2, 0.25) is 0 Å². The maximum Gasteiger partial charge on any atom is 0.407 e. The smallest absolute Gasteiger partial charge is 0.407 e. The first kappa shape index (κ1) is 20.1. The SMILES string of the molecule is CC(C)Oc1cc(CNC(=O)OC(C)(C)C)ccc1NC(=O)CCl. The molecule has 0 saturated carbocycles. The molecule has 0 unspecified atom stereocenters. The van der Waals surface area contributed by atoms with Crippen molar-refractivity contribution in [2.24, 2.45) is 0 Å². The van der Waals surface area contributed by atoms with E-state index in [1.807, 2.05) is 13.8 Å². The Hall–Kier alpha value is -1.95. The molecule has 0 fully saturated rings. The van der Waals surface area contributed by atoms with Crippen molar-refractivity contribution in [3.8, 4) is 5.75 Å². The number of nitrogens with one attached hydrogen (secondary N) is 2. The van der Waals surface area contributed by atoms with Gasteiger partial charge < -0.3 is 20.1 Å². The number of hydrogen-bond acceptors (Lipinski definition) is 4. The first-order chi connectivity index (χ1) is 11.1. The van der Waals surface area contributed by atoms with Gasteiger partial charge in [-0.3, -0.25) is 4.79 Å². The molecule has 0 aliphatic carbocycles. The molecule has 0 bridgehead atoms. The second-order valence-electron chi connectivity index (χ2n) is 6.53. The zero-order valence-corrected chi connectivity index (χ0v) is 15.5. The van der Waals surface area contributed by atoms with Gasteiger partial charge in [0.25, 0.3) is 0 Å². The number of amides is 2. The number of benzene rings is 1. The van der Waals surface area contributed by atoms with Crippen molar-refractivity contribution in [1.29, 1.82) is 0 Å². The number of carbonyl (C=O) groups excluding carboxylic acids is 2. The summed E-state index contributed by atoms with van der Waals surface area (Å²) in [6, 6.07) is 5.27. The Bertz CT molecular complexity index is 582. The van der Waals surface area contributed by atoms with Gasteiger partial charge in [-0.05, 0) is 52.3 Å². The van der Waals surface area contributed by atoms with Gasteiger partial charge in [-0.15, -0.1) is 11.6 Å². The first-order valence-corrected chi connectivity index (χ1v) is 8.26. The van der Waals surface area contributed by atoms with E-state index < -0.39 is 11.7 Å². The molecular formula is C17H25ClN2O4. The molecule has 7 heteroatoms. The topological polar surface area (TPSA) is 76.7 Å². The summed E-state index contributed by atoms with van der Waals surface area (Å²) in [6.45, 7) is 9.46. The molecular weight excluding hydrogens is 332 g/mol. The number of alkyl carbamates (subject to hydrolysis) is 1. The third-order valence-electron chi connectivity index (χ3n) is 2.64. The molecule has 0 aliphatic rings. The standard InChI is InChI=1S/C17H25ClN2O4/c1-11(2)23-14-8-12(6-7-13(14)20-15(21)9-18)10-19-16(22)24-17(3,4)5/h6-8,11H,9-10H2,1-5H3,(H,19,22)(H,20,21). The molecule has 0 heterocycles. The minimum absolute atomic E-state index is 0.0641. The van der Waals surface area contributed by atoms with Crippen LogP contribution in [0.4, 0.5) is 10.5 Å². The summed E-state index contributed by atoms with van der Waals surface area (Å²) in [4.78, 5) is 23.2. The van der Waals surface area contributed by atoms with E-state index in [-0.39, 0.29) is 24.4 Å². The molecule has 0 saturated heterocycles. The van der Waals surface area contributed by atoms with Crippen molar-refractivity contribution >= 4 is 29.3 Å². The highest BCUT2D eigenvalue weighted by atomic mass is 35.5. The number of rotatable bonds is 6. The molecule has 2 N–H and O–H groups in total. The summed E-state index contributed by atoms with van der Waals surface area (Å²) in [7, 11) is 0. The molecule has 0 aromatic heterocycles. The second kappa shape index (κ2) is 8.78.